The van der Waals surface area contributed by atoms with E-state index in [1.54, 1.807) is 16.7 Å². The maximum Gasteiger partial charge on any atom is 0.318 e. The van der Waals surface area contributed by atoms with Crippen LogP contribution < -0.4 is 5.32 Å². The molecule has 2 amide bonds. The number of hydrogen-bond acceptors (Lipinski definition) is 6. The number of fused-ring (bicyclic) bond motifs is 1. The maximum absolute atomic E-state index is 12.6. The molecule has 0 radical (unpaired) electrons. The Balaban J connectivity index is 1.39. The van der Waals surface area contributed by atoms with Crippen LogP contribution in [0.1, 0.15) is 56.1 Å². The van der Waals surface area contributed by atoms with Crippen LogP contribution in [0.5, 0.6) is 0 Å². The number of rotatable bonds is 4. The maximum atomic E-state index is 12.6. The molecule has 9 heteroatoms. The van der Waals surface area contributed by atoms with Crippen LogP contribution in [-0.2, 0) is 13.1 Å². The van der Waals surface area contributed by atoms with E-state index in [9.17, 15) is 4.79 Å². The molecule has 1 atom stereocenters. The highest BCUT2D eigenvalue weighted by Crippen LogP contribution is 2.31. The van der Waals surface area contributed by atoms with Crippen molar-refractivity contribution < 1.29 is 9.32 Å². The molecule has 0 spiro atoms. The Morgan fingerprint density at radius 1 is 1.44 bits per heavy atom. The molecule has 0 aliphatic carbocycles. The number of nitrogens with one attached hydrogen (secondary N) is 1. The lowest BCUT2D eigenvalue weighted by atomic mass is 10.2. The molecular weight excluding hydrogens is 340 g/mol. The van der Waals surface area contributed by atoms with E-state index in [-0.39, 0.29) is 18.0 Å². The first kappa shape index (κ1) is 16.4. The molecule has 2 aromatic heterocycles. The van der Waals surface area contributed by atoms with Crippen LogP contribution in [0.4, 0.5) is 4.79 Å². The van der Waals surface area contributed by atoms with Gasteiger partial charge in [-0.15, -0.1) is 0 Å². The zero-order valence-electron chi connectivity index (χ0n) is 14.4. The Kier molecular flexibility index (Phi) is 4.41. The molecule has 2 aliphatic heterocycles. The molecule has 1 saturated heterocycles. The van der Waals surface area contributed by atoms with Crippen LogP contribution in [0.2, 0.25) is 0 Å². The van der Waals surface area contributed by atoms with E-state index >= 15 is 0 Å². The molecule has 1 fully saturated rings. The highest BCUT2D eigenvalue weighted by molar-refractivity contribution is 7.99. The zero-order chi connectivity index (χ0) is 17.4. The van der Waals surface area contributed by atoms with Crippen molar-refractivity contribution in [1.82, 2.24) is 29.9 Å². The molecule has 0 unspecified atom stereocenters. The van der Waals surface area contributed by atoms with Gasteiger partial charge in [0.25, 0.3) is 0 Å². The lowest BCUT2D eigenvalue weighted by Crippen LogP contribution is -2.39. The van der Waals surface area contributed by atoms with E-state index in [1.807, 2.05) is 20.0 Å². The number of carbonyl (C=O) groups is 1. The lowest BCUT2D eigenvalue weighted by molar-refractivity contribution is 0.180. The van der Waals surface area contributed by atoms with Crippen LogP contribution in [0.25, 0.3) is 0 Å². The van der Waals surface area contributed by atoms with Crippen molar-refractivity contribution in [3.8, 4) is 0 Å². The van der Waals surface area contributed by atoms with E-state index in [1.165, 1.54) is 0 Å². The summed E-state index contributed by atoms with van der Waals surface area (Å²) in [5.41, 5.74) is 0.895. The minimum absolute atomic E-state index is 0.104. The third-order valence-corrected chi connectivity index (χ3v) is 5.52. The fraction of sp³-hybridized carbons (Fsp3) is 0.625. The van der Waals surface area contributed by atoms with Crippen LogP contribution in [0.3, 0.4) is 0 Å². The van der Waals surface area contributed by atoms with Crippen molar-refractivity contribution in [2.24, 2.45) is 0 Å². The number of nitrogens with zero attached hydrogens (tertiary/aromatic N) is 5. The summed E-state index contributed by atoms with van der Waals surface area (Å²) >= 11 is 1.75. The monoisotopic (exact) mass is 362 g/mol. The van der Waals surface area contributed by atoms with Crippen LogP contribution >= 0.6 is 11.8 Å². The summed E-state index contributed by atoms with van der Waals surface area (Å²) in [5.74, 6) is 2.51. The molecule has 4 heterocycles. The van der Waals surface area contributed by atoms with Gasteiger partial charge in [-0.25, -0.2) is 9.78 Å². The molecule has 134 valence electrons. The summed E-state index contributed by atoms with van der Waals surface area (Å²) in [4.78, 5) is 23.4. The van der Waals surface area contributed by atoms with E-state index in [4.69, 9.17) is 4.52 Å². The Morgan fingerprint density at radius 2 is 2.32 bits per heavy atom. The Bertz CT molecular complexity index is 749. The molecule has 0 saturated carbocycles. The first-order chi connectivity index (χ1) is 12.1. The molecule has 2 aromatic rings. The second kappa shape index (κ2) is 6.70. The molecule has 8 nitrogen and oxygen atoms in total. The highest BCUT2D eigenvalue weighted by Gasteiger charge is 2.34. The number of hydrogen-bond donors (Lipinski definition) is 1. The van der Waals surface area contributed by atoms with Gasteiger partial charge >= 0.3 is 6.03 Å². The average Bonchev–Trinajstić information content (AvgIpc) is 3.34. The van der Waals surface area contributed by atoms with Crippen molar-refractivity contribution >= 4 is 17.8 Å². The molecule has 2 aliphatic rings. The average molecular weight is 362 g/mol. The quantitative estimate of drug-likeness (QED) is 0.899. The smallest absolute Gasteiger partial charge is 0.318 e. The van der Waals surface area contributed by atoms with Gasteiger partial charge in [0.1, 0.15) is 6.04 Å². The molecular formula is C16H22N6O2S. The number of carbonyl (C=O) groups excluding carboxylic acids is 1. The van der Waals surface area contributed by atoms with Gasteiger partial charge < -0.3 is 19.3 Å². The molecule has 0 bridgehead atoms. The van der Waals surface area contributed by atoms with Crippen molar-refractivity contribution in [2.45, 2.75) is 56.9 Å². The van der Waals surface area contributed by atoms with E-state index < -0.39 is 0 Å². The van der Waals surface area contributed by atoms with Crippen molar-refractivity contribution in [1.29, 1.82) is 0 Å². The second-order valence-corrected chi connectivity index (χ2v) is 7.77. The Hall–Kier alpha value is -2.03. The Morgan fingerprint density at radius 3 is 3.08 bits per heavy atom. The standard InChI is InChI=1S/C16H22N6O2S/c1-10(2)13-19-14(24-20-13)12-4-3-5-22(12)15(23)17-8-11-9-21-6-7-25-16(21)18-11/h9-10,12H,3-8H2,1-2H3,(H,17,23)/t12-/m0/s1. The van der Waals surface area contributed by atoms with E-state index in [2.05, 4.69) is 25.0 Å². The summed E-state index contributed by atoms with van der Waals surface area (Å²) in [7, 11) is 0. The van der Waals surface area contributed by atoms with Gasteiger partial charge in [0.05, 0.1) is 12.2 Å². The van der Waals surface area contributed by atoms with Gasteiger partial charge in [-0.3, -0.25) is 0 Å². The molecule has 0 aromatic carbocycles. The zero-order valence-corrected chi connectivity index (χ0v) is 15.3. The summed E-state index contributed by atoms with van der Waals surface area (Å²) < 4.78 is 7.53. The van der Waals surface area contributed by atoms with Gasteiger partial charge in [0, 0.05) is 31.0 Å². The predicted octanol–water partition coefficient (Wildman–Crippen LogP) is 2.54. The number of thioether (sulfide) groups is 1. The number of amides is 2. The van der Waals surface area contributed by atoms with Crippen molar-refractivity contribution in [3.63, 3.8) is 0 Å². The Labute approximate surface area is 150 Å². The summed E-state index contributed by atoms with van der Waals surface area (Å²) in [6.07, 6.45) is 3.81. The number of aryl methyl sites for hydroxylation is 1. The van der Waals surface area contributed by atoms with Crippen molar-refractivity contribution in [3.05, 3.63) is 23.6 Å². The van der Waals surface area contributed by atoms with E-state index in [0.29, 0.717) is 24.8 Å². The number of likely N-dealkylation sites (tertiary alicyclic amines) is 1. The topological polar surface area (TPSA) is 89.1 Å². The number of imidazole rings is 1. The van der Waals surface area contributed by atoms with Gasteiger partial charge in [0.2, 0.25) is 5.89 Å². The van der Waals surface area contributed by atoms with Gasteiger partial charge in [-0.2, -0.15) is 4.98 Å². The largest absolute Gasteiger partial charge is 0.337 e. The predicted molar refractivity (Wildman–Crippen MR) is 92.3 cm³/mol. The first-order valence-corrected chi connectivity index (χ1v) is 9.67. The lowest BCUT2D eigenvalue weighted by Gasteiger charge is -2.22. The van der Waals surface area contributed by atoms with Crippen LogP contribution in [0, 0.1) is 0 Å². The van der Waals surface area contributed by atoms with Gasteiger partial charge in [-0.1, -0.05) is 30.8 Å². The third-order valence-electron chi connectivity index (χ3n) is 4.55. The van der Waals surface area contributed by atoms with Crippen LogP contribution in [-0.4, -0.2) is 42.9 Å². The third kappa shape index (κ3) is 3.24. The fourth-order valence-electron chi connectivity index (χ4n) is 3.20. The van der Waals surface area contributed by atoms with Gasteiger partial charge in [0.15, 0.2) is 11.0 Å². The van der Waals surface area contributed by atoms with Crippen molar-refractivity contribution in [2.75, 3.05) is 12.3 Å². The van der Waals surface area contributed by atoms with E-state index in [0.717, 1.165) is 36.0 Å². The highest BCUT2D eigenvalue weighted by atomic mass is 32.2. The van der Waals surface area contributed by atoms with Crippen LogP contribution in [0.15, 0.2) is 15.9 Å². The number of aromatic nitrogens is 4. The fourth-order valence-corrected chi connectivity index (χ4v) is 4.16. The summed E-state index contributed by atoms with van der Waals surface area (Å²) in [5, 5.41) is 8.02. The molecule has 4 rings (SSSR count). The second-order valence-electron chi connectivity index (χ2n) is 6.71. The minimum Gasteiger partial charge on any atom is -0.337 e. The SMILES string of the molecule is CC(C)c1noc([C@@H]2CCCN2C(=O)NCc2cn3c(n2)SCC3)n1. The first-order valence-electron chi connectivity index (χ1n) is 8.68. The molecule has 25 heavy (non-hydrogen) atoms. The minimum atomic E-state index is -0.137. The number of urea groups is 1. The normalized spacial score (nSPS) is 19.6. The molecule has 1 N–H and O–H groups in total. The van der Waals surface area contributed by atoms with Gasteiger partial charge in [-0.05, 0) is 12.8 Å². The summed E-state index contributed by atoms with van der Waals surface area (Å²) in [6, 6.07) is -0.241. The summed E-state index contributed by atoms with van der Waals surface area (Å²) in [6.45, 7) is 6.17.